The number of carbonyl (C=O) groups excluding carboxylic acids is 4. The molecule has 4 aliphatic heterocycles. The number of fused-ring (bicyclic) bond motifs is 2. The molecule has 12 heteroatoms. The zero-order chi connectivity index (χ0) is 43.7. The van der Waals surface area contributed by atoms with E-state index in [1.165, 1.54) is 14.9 Å². The first-order valence-electron chi connectivity index (χ1n) is 21.5. The fourth-order valence-electron chi connectivity index (χ4n) is 9.01. The van der Waals surface area contributed by atoms with Gasteiger partial charge in [0.2, 0.25) is 17.7 Å². The van der Waals surface area contributed by atoms with Gasteiger partial charge in [0.05, 0.1) is 47.7 Å². The Bertz CT molecular complexity index is 2660. The predicted octanol–water partition coefficient (Wildman–Crippen LogP) is 7.01. The van der Waals surface area contributed by atoms with Crippen LogP contribution in [0.4, 0.5) is 17.1 Å². The minimum Gasteiger partial charge on any atom is -0.394 e. The Labute approximate surface area is 366 Å². The molecule has 5 aromatic carbocycles. The summed E-state index contributed by atoms with van der Waals surface area (Å²) in [7, 11) is 0. The van der Waals surface area contributed by atoms with Crippen LogP contribution in [0.1, 0.15) is 72.4 Å². The number of hydrogen-bond acceptors (Lipinski definition) is 8. The molecule has 0 saturated heterocycles. The molecule has 5 aromatic rings. The van der Waals surface area contributed by atoms with Crippen molar-refractivity contribution in [2.75, 3.05) is 21.5 Å². The van der Waals surface area contributed by atoms with E-state index < -0.39 is 17.4 Å². The maximum atomic E-state index is 14.8. The number of aliphatic hydroxyl groups is 2. The van der Waals surface area contributed by atoms with E-state index in [0.717, 1.165) is 39.2 Å². The SMILES string of the molecule is C[C@H](/C=C/CC(=O)N1Cc2ccccc2C[C@H]1CO)[C@@]1(O)C(=O)N(Cc2ccc(N3N=C(c4ccccc4)CCC3=O)cc2)c2ccc(N3N=C(c4ccccc4)CCC3=O)cc21. The molecule has 0 aromatic heterocycles. The molecule has 0 radical (unpaired) electrons. The van der Waals surface area contributed by atoms with Crippen LogP contribution in [-0.2, 0) is 44.3 Å². The molecule has 3 atom stereocenters. The van der Waals surface area contributed by atoms with E-state index in [9.17, 15) is 29.4 Å². The van der Waals surface area contributed by atoms with Crippen LogP contribution in [0, 0.1) is 5.92 Å². The van der Waals surface area contributed by atoms with Crippen LogP contribution in [0.2, 0.25) is 0 Å². The van der Waals surface area contributed by atoms with Crippen LogP contribution in [0.5, 0.6) is 0 Å². The summed E-state index contributed by atoms with van der Waals surface area (Å²) in [4.78, 5) is 58.1. The Morgan fingerprint density at radius 3 is 1.94 bits per heavy atom. The van der Waals surface area contributed by atoms with Crippen LogP contribution in [-0.4, -0.2) is 62.8 Å². The van der Waals surface area contributed by atoms with Crippen LogP contribution in [0.15, 0.2) is 150 Å². The largest absolute Gasteiger partial charge is 0.394 e. The molecule has 12 nitrogen and oxygen atoms in total. The molecule has 0 fully saturated rings. The summed E-state index contributed by atoms with van der Waals surface area (Å²) in [6.45, 7) is 2.06. The predicted molar refractivity (Wildman–Crippen MR) is 242 cm³/mol. The summed E-state index contributed by atoms with van der Waals surface area (Å²) >= 11 is 0. The van der Waals surface area contributed by atoms with Crippen molar-refractivity contribution in [3.05, 3.63) is 173 Å². The summed E-state index contributed by atoms with van der Waals surface area (Å²) in [5.41, 5.74) is 6.07. The lowest BCUT2D eigenvalue weighted by molar-refractivity contribution is -0.139. The molecule has 9 rings (SSSR count). The zero-order valence-corrected chi connectivity index (χ0v) is 35.0. The van der Waals surface area contributed by atoms with Crippen molar-refractivity contribution >= 4 is 52.1 Å². The van der Waals surface area contributed by atoms with Gasteiger partial charge in [-0.15, -0.1) is 0 Å². The highest BCUT2D eigenvalue weighted by atomic mass is 16.3. The number of benzene rings is 5. The Morgan fingerprint density at radius 1 is 0.746 bits per heavy atom. The molecule has 4 heterocycles. The third-order valence-electron chi connectivity index (χ3n) is 12.6. The first kappa shape index (κ1) is 41.3. The summed E-state index contributed by atoms with van der Waals surface area (Å²) in [6.07, 6.45) is 5.52. The Hall–Kier alpha value is -7.02. The topological polar surface area (TPSA) is 146 Å². The molecule has 4 amide bonds. The molecule has 2 N–H and O–H groups in total. The van der Waals surface area contributed by atoms with Gasteiger partial charge in [0, 0.05) is 50.1 Å². The molecule has 0 aliphatic carbocycles. The molecular formula is C51H48N6O6. The zero-order valence-electron chi connectivity index (χ0n) is 35.0. The van der Waals surface area contributed by atoms with E-state index in [4.69, 9.17) is 10.2 Å². The van der Waals surface area contributed by atoms with Gasteiger partial charge in [-0.25, -0.2) is 10.0 Å². The van der Waals surface area contributed by atoms with Gasteiger partial charge in [0.1, 0.15) is 0 Å². The second-order valence-corrected chi connectivity index (χ2v) is 16.5. The number of nitrogens with zero attached hydrogens (tertiary/aromatic N) is 6. The lowest BCUT2D eigenvalue weighted by Crippen LogP contribution is -2.46. The summed E-state index contributed by atoms with van der Waals surface area (Å²) < 4.78 is 0. The fourth-order valence-corrected chi connectivity index (χ4v) is 9.01. The van der Waals surface area contributed by atoms with Crippen molar-refractivity contribution in [3.63, 3.8) is 0 Å². The third-order valence-corrected chi connectivity index (χ3v) is 12.6. The average molecular weight is 841 g/mol. The number of aliphatic hydroxyl groups excluding tert-OH is 1. The summed E-state index contributed by atoms with van der Waals surface area (Å²) in [5.74, 6) is -1.86. The smallest absolute Gasteiger partial charge is 0.264 e. The highest BCUT2D eigenvalue weighted by Crippen LogP contribution is 2.47. The van der Waals surface area contributed by atoms with Gasteiger partial charge < -0.3 is 20.0 Å². The maximum absolute atomic E-state index is 14.8. The first-order valence-corrected chi connectivity index (χ1v) is 21.5. The van der Waals surface area contributed by atoms with Crippen molar-refractivity contribution in [1.29, 1.82) is 0 Å². The molecule has 318 valence electrons. The summed E-state index contributed by atoms with van der Waals surface area (Å²) in [6, 6.07) is 39.4. The van der Waals surface area contributed by atoms with E-state index in [1.807, 2.05) is 97.1 Å². The van der Waals surface area contributed by atoms with Crippen molar-refractivity contribution in [2.24, 2.45) is 16.1 Å². The standard InChI is InChI=1S/C51H48N6O6/c1-34(11-10-18-47(59)54-32-39-17-9-8-16-38(39)29-42(54)33-58)51(63)43-30-41(57-49(61)28-25-45(53-57)37-14-6-3-7-15-37)23-26-46(43)55(50(51)62)31-35-19-21-40(22-20-35)56-48(60)27-24-44(52-56)36-12-4-2-5-13-36/h2-17,19-23,26,30,34,42,58,63H,18,24-25,27-29,31-33H2,1H3/b11-10+/t34-,42+,51+/m1/s1. The number of carbonyl (C=O) groups is 4. The van der Waals surface area contributed by atoms with E-state index in [0.29, 0.717) is 54.9 Å². The lowest BCUT2D eigenvalue weighted by Gasteiger charge is -2.36. The van der Waals surface area contributed by atoms with Gasteiger partial charge in [-0.2, -0.15) is 10.2 Å². The van der Waals surface area contributed by atoms with Gasteiger partial charge >= 0.3 is 0 Å². The minimum atomic E-state index is -2.07. The van der Waals surface area contributed by atoms with E-state index >= 15 is 0 Å². The van der Waals surface area contributed by atoms with Crippen molar-refractivity contribution in [3.8, 4) is 0 Å². The van der Waals surface area contributed by atoms with Gasteiger partial charge in [-0.1, -0.05) is 116 Å². The number of hydrogen-bond donors (Lipinski definition) is 2. The fraction of sp³-hybridized carbons (Fsp3) is 0.255. The monoisotopic (exact) mass is 840 g/mol. The Morgan fingerprint density at radius 2 is 1.32 bits per heavy atom. The van der Waals surface area contributed by atoms with Crippen LogP contribution in [0.3, 0.4) is 0 Å². The van der Waals surface area contributed by atoms with Crippen molar-refractivity contribution in [1.82, 2.24) is 4.90 Å². The van der Waals surface area contributed by atoms with Gasteiger partial charge in [-0.05, 0) is 64.6 Å². The second-order valence-electron chi connectivity index (χ2n) is 16.5. The number of amides is 4. The van der Waals surface area contributed by atoms with Crippen molar-refractivity contribution in [2.45, 2.75) is 70.2 Å². The van der Waals surface area contributed by atoms with Gasteiger partial charge in [-0.3, -0.25) is 19.2 Å². The maximum Gasteiger partial charge on any atom is 0.264 e. The van der Waals surface area contributed by atoms with Gasteiger partial charge in [0.15, 0.2) is 5.60 Å². The number of hydrazone groups is 2. The molecule has 0 unspecified atom stereocenters. The molecule has 0 spiro atoms. The normalized spacial score (nSPS) is 20.4. The van der Waals surface area contributed by atoms with Gasteiger partial charge in [0.25, 0.3) is 5.91 Å². The average Bonchev–Trinajstić information content (AvgIpc) is 3.54. The highest BCUT2D eigenvalue weighted by Gasteiger charge is 2.53. The lowest BCUT2D eigenvalue weighted by atomic mass is 9.82. The molecular weight excluding hydrogens is 793 g/mol. The van der Waals surface area contributed by atoms with E-state index in [-0.39, 0.29) is 49.8 Å². The Balaban J connectivity index is 1.01. The molecule has 0 bridgehead atoms. The van der Waals surface area contributed by atoms with Crippen LogP contribution >= 0.6 is 0 Å². The van der Waals surface area contributed by atoms with Crippen LogP contribution < -0.4 is 14.9 Å². The highest BCUT2D eigenvalue weighted by molar-refractivity contribution is 6.11. The van der Waals surface area contributed by atoms with Crippen LogP contribution in [0.25, 0.3) is 0 Å². The molecule has 63 heavy (non-hydrogen) atoms. The van der Waals surface area contributed by atoms with E-state index in [1.54, 1.807) is 54.3 Å². The molecule has 0 saturated carbocycles. The van der Waals surface area contributed by atoms with Crippen molar-refractivity contribution < 1.29 is 29.4 Å². The quantitative estimate of drug-likeness (QED) is 0.137. The third kappa shape index (κ3) is 7.99. The summed E-state index contributed by atoms with van der Waals surface area (Å²) in [5, 5.41) is 35.1. The first-order chi connectivity index (χ1) is 30.6. The number of rotatable bonds is 11. The Kier molecular flexibility index (Phi) is 11.4. The van der Waals surface area contributed by atoms with E-state index in [2.05, 4.69) is 0 Å². The molecule has 4 aliphatic rings. The number of anilines is 3. The minimum absolute atomic E-state index is 0.00586. The second kappa shape index (κ2) is 17.4.